The van der Waals surface area contributed by atoms with E-state index in [9.17, 15) is 22.0 Å². The number of anilines is 1. The second-order valence-corrected chi connectivity index (χ2v) is 8.47. The van der Waals surface area contributed by atoms with Crippen LogP contribution in [-0.2, 0) is 14.8 Å². The summed E-state index contributed by atoms with van der Waals surface area (Å²) in [7, 11) is -3.68. The van der Waals surface area contributed by atoms with Crippen molar-refractivity contribution in [2.75, 3.05) is 31.6 Å². The van der Waals surface area contributed by atoms with Gasteiger partial charge in [-0.1, -0.05) is 5.10 Å². The summed E-state index contributed by atoms with van der Waals surface area (Å²) >= 11 is 0. The van der Waals surface area contributed by atoms with E-state index >= 15 is 0 Å². The van der Waals surface area contributed by atoms with Crippen LogP contribution in [0.3, 0.4) is 0 Å². The predicted molar refractivity (Wildman–Crippen MR) is 104 cm³/mol. The third kappa shape index (κ3) is 4.45. The molecule has 2 heterocycles. The summed E-state index contributed by atoms with van der Waals surface area (Å²) in [6, 6.07) is 7.89. The van der Waals surface area contributed by atoms with Gasteiger partial charge in [0, 0.05) is 24.7 Å². The third-order valence-corrected chi connectivity index (χ3v) is 6.44. The van der Waals surface area contributed by atoms with Gasteiger partial charge in [0.1, 0.15) is 11.6 Å². The number of amides is 1. The molecule has 0 radical (unpaired) electrons. The Kier molecular flexibility index (Phi) is 5.76. The monoisotopic (exact) mass is 450 g/mol. The summed E-state index contributed by atoms with van der Waals surface area (Å²) in [5.74, 6) is -2.52. The first kappa shape index (κ1) is 21.0. The lowest BCUT2D eigenvalue weighted by Crippen LogP contribution is -2.40. The van der Waals surface area contributed by atoms with E-state index < -0.39 is 27.6 Å². The van der Waals surface area contributed by atoms with Crippen molar-refractivity contribution in [3.05, 3.63) is 59.7 Å². The van der Waals surface area contributed by atoms with Crippen LogP contribution in [-0.4, -0.2) is 55.1 Å². The number of halogens is 2. The fourth-order valence-electron chi connectivity index (χ4n) is 2.93. The lowest BCUT2D eigenvalue weighted by molar-refractivity contribution is 0.0730. The van der Waals surface area contributed by atoms with Crippen molar-refractivity contribution in [1.82, 2.24) is 14.5 Å². The van der Waals surface area contributed by atoms with Crippen LogP contribution in [0.1, 0.15) is 10.4 Å². The molecule has 12 heteroatoms. The van der Waals surface area contributed by atoms with Gasteiger partial charge in [-0.3, -0.25) is 10.1 Å². The second kappa shape index (κ2) is 8.49. The largest absolute Gasteiger partial charge is 0.403 e. The number of carbonyl (C=O) groups excluding carboxylic acids is 1. The van der Waals surface area contributed by atoms with Crippen LogP contribution in [0.2, 0.25) is 0 Å². The van der Waals surface area contributed by atoms with Crippen LogP contribution in [0, 0.1) is 11.6 Å². The van der Waals surface area contributed by atoms with E-state index in [1.165, 1.54) is 28.6 Å². The summed E-state index contributed by atoms with van der Waals surface area (Å²) in [5, 5.41) is 9.60. The first-order valence-electron chi connectivity index (χ1n) is 9.13. The van der Waals surface area contributed by atoms with Gasteiger partial charge in [0.05, 0.1) is 23.7 Å². The number of morpholine rings is 1. The highest BCUT2D eigenvalue weighted by molar-refractivity contribution is 7.89. The number of nitrogens with zero attached hydrogens (tertiary/aromatic N) is 3. The summed E-state index contributed by atoms with van der Waals surface area (Å²) in [6.07, 6.45) is 0. The molecule has 1 amide bonds. The average Bonchev–Trinajstić information content (AvgIpc) is 3.22. The van der Waals surface area contributed by atoms with Gasteiger partial charge in [-0.25, -0.2) is 17.2 Å². The molecule has 1 aliphatic heterocycles. The van der Waals surface area contributed by atoms with Gasteiger partial charge in [0.15, 0.2) is 0 Å². The second-order valence-electron chi connectivity index (χ2n) is 6.53. The Morgan fingerprint density at radius 3 is 2.42 bits per heavy atom. The molecule has 1 aliphatic rings. The van der Waals surface area contributed by atoms with Crippen molar-refractivity contribution in [2.24, 2.45) is 0 Å². The Balaban J connectivity index is 1.46. The molecule has 1 fully saturated rings. The van der Waals surface area contributed by atoms with Gasteiger partial charge < -0.3 is 9.15 Å². The lowest BCUT2D eigenvalue weighted by atomic mass is 10.2. The van der Waals surface area contributed by atoms with Gasteiger partial charge in [0.25, 0.3) is 11.8 Å². The molecule has 3 aromatic rings. The Labute approximate surface area is 175 Å². The molecule has 9 nitrogen and oxygen atoms in total. The molecule has 0 spiro atoms. The molecule has 2 aromatic carbocycles. The van der Waals surface area contributed by atoms with Crippen LogP contribution in [0.15, 0.2) is 51.8 Å². The normalized spacial score (nSPS) is 15.0. The number of aromatic nitrogens is 2. The first-order chi connectivity index (χ1) is 14.8. The number of benzene rings is 2. The summed E-state index contributed by atoms with van der Waals surface area (Å²) in [4.78, 5) is 12.4. The third-order valence-electron chi connectivity index (χ3n) is 4.53. The fourth-order valence-corrected chi connectivity index (χ4v) is 4.34. The highest BCUT2D eigenvalue weighted by atomic mass is 32.2. The Hall–Kier alpha value is -3.22. The first-order valence-corrected chi connectivity index (χ1v) is 10.6. The molecule has 31 heavy (non-hydrogen) atoms. The quantitative estimate of drug-likeness (QED) is 0.634. The molecule has 162 valence electrons. The summed E-state index contributed by atoms with van der Waals surface area (Å²) < 4.78 is 63.8. The van der Waals surface area contributed by atoms with Crippen LogP contribution >= 0.6 is 0 Å². The number of carbonyl (C=O) groups is 1. The number of rotatable bonds is 5. The van der Waals surface area contributed by atoms with E-state index in [2.05, 4.69) is 15.5 Å². The molecule has 1 aromatic heterocycles. The van der Waals surface area contributed by atoms with Crippen molar-refractivity contribution in [3.63, 3.8) is 0 Å². The van der Waals surface area contributed by atoms with E-state index in [1.54, 1.807) is 0 Å². The molecular weight excluding hydrogens is 434 g/mol. The molecule has 0 atom stereocenters. The lowest BCUT2D eigenvalue weighted by Gasteiger charge is -2.26. The number of hydrogen-bond donors (Lipinski definition) is 1. The molecule has 1 N–H and O–H groups in total. The van der Waals surface area contributed by atoms with Crippen molar-refractivity contribution in [2.45, 2.75) is 4.90 Å². The molecule has 0 unspecified atom stereocenters. The molecule has 0 aliphatic carbocycles. The van der Waals surface area contributed by atoms with Gasteiger partial charge >= 0.3 is 6.01 Å². The van der Waals surface area contributed by atoms with Gasteiger partial charge in [0.2, 0.25) is 10.0 Å². The summed E-state index contributed by atoms with van der Waals surface area (Å²) in [6.45, 7) is 1.18. The Morgan fingerprint density at radius 1 is 1.03 bits per heavy atom. The van der Waals surface area contributed by atoms with Crippen LogP contribution in [0.25, 0.3) is 11.5 Å². The minimum Gasteiger partial charge on any atom is -0.403 e. The SMILES string of the molecule is O=C(Nc1nnc(-c2ccc(F)cc2F)o1)c1ccc(S(=O)(=O)N2CCOCC2)cc1. The summed E-state index contributed by atoms with van der Waals surface area (Å²) in [5.41, 5.74) is 0.0284. The van der Waals surface area contributed by atoms with Crippen LogP contribution in [0.4, 0.5) is 14.8 Å². The number of sulfonamides is 1. The number of hydrogen-bond acceptors (Lipinski definition) is 7. The molecule has 0 saturated carbocycles. The minimum absolute atomic E-state index is 0.0535. The Morgan fingerprint density at radius 2 is 1.74 bits per heavy atom. The maximum absolute atomic E-state index is 13.8. The molecular formula is C19H16F2N4O5S. The van der Waals surface area contributed by atoms with Gasteiger partial charge in [-0.05, 0) is 36.4 Å². The van der Waals surface area contributed by atoms with Gasteiger partial charge in [-0.2, -0.15) is 4.31 Å². The fraction of sp³-hybridized carbons (Fsp3) is 0.211. The minimum atomic E-state index is -3.68. The van der Waals surface area contributed by atoms with Crippen molar-refractivity contribution in [1.29, 1.82) is 0 Å². The Bertz CT molecular complexity index is 1210. The van der Waals surface area contributed by atoms with Crippen molar-refractivity contribution < 1.29 is 31.1 Å². The van der Waals surface area contributed by atoms with Crippen LogP contribution in [0.5, 0.6) is 0 Å². The highest BCUT2D eigenvalue weighted by Gasteiger charge is 2.26. The van der Waals surface area contributed by atoms with E-state index in [1.807, 2.05) is 0 Å². The van der Waals surface area contributed by atoms with Crippen molar-refractivity contribution in [3.8, 4) is 11.5 Å². The highest BCUT2D eigenvalue weighted by Crippen LogP contribution is 2.24. The number of ether oxygens (including phenoxy) is 1. The number of nitrogens with one attached hydrogen (secondary N) is 1. The smallest absolute Gasteiger partial charge is 0.322 e. The van der Waals surface area contributed by atoms with Gasteiger partial charge in [-0.15, -0.1) is 5.10 Å². The van der Waals surface area contributed by atoms with Crippen molar-refractivity contribution >= 4 is 21.9 Å². The molecule has 1 saturated heterocycles. The zero-order chi connectivity index (χ0) is 22.0. The zero-order valence-electron chi connectivity index (χ0n) is 15.9. The van der Waals surface area contributed by atoms with E-state index in [-0.39, 0.29) is 41.0 Å². The topological polar surface area (TPSA) is 115 Å². The maximum Gasteiger partial charge on any atom is 0.322 e. The van der Waals surface area contributed by atoms with E-state index in [0.717, 1.165) is 12.1 Å². The van der Waals surface area contributed by atoms with E-state index in [4.69, 9.17) is 9.15 Å². The molecule has 0 bridgehead atoms. The zero-order valence-corrected chi connectivity index (χ0v) is 16.7. The van der Waals surface area contributed by atoms with E-state index in [0.29, 0.717) is 19.3 Å². The maximum atomic E-state index is 13.8. The molecule has 4 rings (SSSR count). The predicted octanol–water partition coefficient (Wildman–Crippen LogP) is 2.29. The standard InChI is InChI=1S/C19H16F2N4O5S/c20-13-3-6-15(16(21)11-13)18-23-24-19(30-18)22-17(26)12-1-4-14(5-2-12)31(27,28)25-7-9-29-10-8-25/h1-6,11H,7-10H2,(H,22,24,26). The van der Waals surface area contributed by atoms with Crippen LogP contribution < -0.4 is 5.32 Å². The average molecular weight is 450 g/mol.